The monoisotopic (exact) mass is 308 g/mol. The first-order valence-corrected chi connectivity index (χ1v) is 7.47. The number of hydrogen-bond acceptors (Lipinski definition) is 1. The quantitative estimate of drug-likeness (QED) is 0.660. The number of hydrogen-bond donors (Lipinski definition) is 0. The molecule has 0 aliphatic heterocycles. The summed E-state index contributed by atoms with van der Waals surface area (Å²) in [7, 11) is 0. The molecule has 0 amide bonds. The van der Waals surface area contributed by atoms with E-state index in [1.54, 1.807) is 0 Å². The fraction of sp³-hybridized carbons (Fsp3) is 0.294. The minimum absolute atomic E-state index is 0.252. The van der Waals surface area contributed by atoms with Crippen LogP contribution in [0.15, 0.2) is 36.4 Å². The first-order chi connectivity index (χ1) is 9.52. The lowest BCUT2D eigenvalue weighted by molar-refractivity contribution is 0.340. The van der Waals surface area contributed by atoms with Crippen LogP contribution >= 0.6 is 23.2 Å². The predicted molar refractivity (Wildman–Crippen MR) is 86.2 cm³/mol. The zero-order valence-corrected chi connectivity index (χ0v) is 13.4. The van der Waals surface area contributed by atoms with Gasteiger partial charge in [-0.2, -0.15) is 0 Å². The minimum atomic E-state index is -0.252. The highest BCUT2D eigenvalue weighted by molar-refractivity contribution is 6.33. The second-order valence-electron chi connectivity index (χ2n) is 4.82. The molecule has 2 rings (SSSR count). The molecule has 0 radical (unpaired) electrons. The van der Waals surface area contributed by atoms with Crippen LogP contribution in [0.1, 0.15) is 34.6 Å². The highest BCUT2D eigenvalue weighted by atomic mass is 35.5. The maximum atomic E-state index is 6.57. The Morgan fingerprint density at radius 3 is 2.25 bits per heavy atom. The lowest BCUT2D eigenvalue weighted by Gasteiger charge is -2.15. The van der Waals surface area contributed by atoms with Crippen LogP contribution in [0.2, 0.25) is 5.02 Å². The molecular formula is C17H18Cl2O. The largest absolute Gasteiger partial charge is 0.494 e. The van der Waals surface area contributed by atoms with Crippen molar-refractivity contribution in [3.05, 3.63) is 63.7 Å². The van der Waals surface area contributed by atoms with Crippen molar-refractivity contribution in [1.82, 2.24) is 0 Å². The van der Waals surface area contributed by atoms with E-state index in [9.17, 15) is 0 Å². The molecule has 1 unspecified atom stereocenters. The molecule has 0 spiro atoms. The van der Waals surface area contributed by atoms with Crippen molar-refractivity contribution in [3.8, 4) is 5.75 Å². The van der Waals surface area contributed by atoms with Gasteiger partial charge in [-0.3, -0.25) is 0 Å². The Kier molecular flexibility index (Phi) is 4.95. The number of halogens is 2. The number of ether oxygens (including phenoxy) is 1. The van der Waals surface area contributed by atoms with E-state index in [2.05, 4.69) is 13.0 Å². The number of rotatable bonds is 4. The van der Waals surface area contributed by atoms with Gasteiger partial charge < -0.3 is 4.74 Å². The van der Waals surface area contributed by atoms with E-state index < -0.39 is 0 Å². The standard InChI is InChI=1S/C17H18Cl2O/c1-4-20-14-7-5-13(6-8-14)17(19)15-9-11(2)12(3)10-16(15)18/h5-10,17H,4H2,1-3H3. The van der Waals surface area contributed by atoms with Gasteiger partial charge >= 0.3 is 0 Å². The fourth-order valence-electron chi connectivity index (χ4n) is 2.08. The number of benzene rings is 2. The molecule has 0 fully saturated rings. The molecule has 0 aliphatic carbocycles. The smallest absolute Gasteiger partial charge is 0.119 e. The van der Waals surface area contributed by atoms with Gasteiger partial charge in [0.25, 0.3) is 0 Å². The topological polar surface area (TPSA) is 9.23 Å². The number of alkyl halides is 1. The third-order valence-corrected chi connectivity index (χ3v) is 4.18. The van der Waals surface area contributed by atoms with Gasteiger partial charge in [0.2, 0.25) is 0 Å². The summed E-state index contributed by atoms with van der Waals surface area (Å²) in [5.74, 6) is 0.853. The second kappa shape index (κ2) is 6.51. The van der Waals surface area contributed by atoms with E-state index >= 15 is 0 Å². The van der Waals surface area contributed by atoms with Gasteiger partial charge in [0.1, 0.15) is 5.75 Å². The van der Waals surface area contributed by atoms with E-state index in [4.69, 9.17) is 27.9 Å². The molecule has 1 atom stereocenters. The summed E-state index contributed by atoms with van der Waals surface area (Å²) in [5, 5.41) is 0.458. The van der Waals surface area contributed by atoms with Crippen LogP contribution in [0.4, 0.5) is 0 Å². The molecule has 106 valence electrons. The van der Waals surface area contributed by atoms with Gasteiger partial charge in [0.05, 0.1) is 12.0 Å². The third kappa shape index (κ3) is 3.28. The van der Waals surface area contributed by atoms with E-state index in [1.807, 2.05) is 44.2 Å². The Bertz CT molecular complexity index is 591. The fourth-order valence-corrected chi connectivity index (χ4v) is 2.79. The molecule has 1 nitrogen and oxygen atoms in total. The molecule has 2 aromatic rings. The Morgan fingerprint density at radius 1 is 1.05 bits per heavy atom. The zero-order valence-electron chi connectivity index (χ0n) is 11.9. The van der Waals surface area contributed by atoms with Gasteiger partial charge in [-0.1, -0.05) is 29.8 Å². The molecule has 0 heterocycles. The zero-order chi connectivity index (χ0) is 14.7. The third-order valence-electron chi connectivity index (χ3n) is 3.37. The summed E-state index contributed by atoms with van der Waals surface area (Å²) in [6.07, 6.45) is 0. The van der Waals surface area contributed by atoms with Crippen molar-refractivity contribution in [2.75, 3.05) is 6.61 Å². The first kappa shape index (κ1) is 15.2. The van der Waals surface area contributed by atoms with Crippen LogP contribution in [0.25, 0.3) is 0 Å². The average molecular weight is 309 g/mol. The van der Waals surface area contributed by atoms with Crippen molar-refractivity contribution in [2.45, 2.75) is 26.1 Å². The van der Waals surface area contributed by atoms with Crippen molar-refractivity contribution in [2.24, 2.45) is 0 Å². The van der Waals surface area contributed by atoms with Gasteiger partial charge in [-0.15, -0.1) is 11.6 Å². The Balaban J connectivity index is 2.31. The summed E-state index contributed by atoms with van der Waals surface area (Å²) >= 11 is 12.9. The van der Waals surface area contributed by atoms with E-state index in [0.29, 0.717) is 11.6 Å². The molecule has 0 saturated heterocycles. The van der Waals surface area contributed by atoms with Crippen LogP contribution in [0, 0.1) is 13.8 Å². The Morgan fingerprint density at radius 2 is 1.65 bits per heavy atom. The average Bonchev–Trinajstić information content (AvgIpc) is 2.43. The van der Waals surface area contributed by atoms with Gasteiger partial charge in [0.15, 0.2) is 0 Å². The molecule has 2 aromatic carbocycles. The van der Waals surface area contributed by atoms with Gasteiger partial charge in [-0.25, -0.2) is 0 Å². The molecular weight excluding hydrogens is 291 g/mol. The predicted octanol–water partition coefficient (Wildman–Crippen LogP) is 5.68. The summed E-state index contributed by atoms with van der Waals surface area (Å²) in [4.78, 5) is 0. The first-order valence-electron chi connectivity index (χ1n) is 6.66. The van der Waals surface area contributed by atoms with Crippen LogP contribution < -0.4 is 4.74 Å². The SMILES string of the molecule is CCOc1ccc(C(Cl)c2cc(C)c(C)cc2Cl)cc1. The van der Waals surface area contributed by atoms with Crippen molar-refractivity contribution in [1.29, 1.82) is 0 Å². The van der Waals surface area contributed by atoms with Crippen molar-refractivity contribution >= 4 is 23.2 Å². The van der Waals surface area contributed by atoms with E-state index in [1.165, 1.54) is 11.1 Å². The van der Waals surface area contributed by atoms with Gasteiger partial charge in [0, 0.05) is 5.02 Å². The Hall–Kier alpha value is -1.18. The lowest BCUT2D eigenvalue weighted by atomic mass is 10.00. The van der Waals surface area contributed by atoms with Crippen molar-refractivity contribution in [3.63, 3.8) is 0 Å². The minimum Gasteiger partial charge on any atom is -0.494 e. The molecule has 0 aromatic heterocycles. The molecule has 0 N–H and O–H groups in total. The summed E-state index contributed by atoms with van der Waals surface area (Å²) in [5.41, 5.74) is 4.33. The number of aryl methyl sites for hydroxylation is 2. The Labute approximate surface area is 130 Å². The van der Waals surface area contributed by atoms with Crippen LogP contribution in [-0.2, 0) is 0 Å². The van der Waals surface area contributed by atoms with Crippen LogP contribution in [0.3, 0.4) is 0 Å². The summed E-state index contributed by atoms with van der Waals surface area (Å²) < 4.78 is 5.44. The molecule has 0 bridgehead atoms. The lowest BCUT2D eigenvalue weighted by Crippen LogP contribution is -1.97. The maximum absolute atomic E-state index is 6.57. The maximum Gasteiger partial charge on any atom is 0.119 e. The summed E-state index contributed by atoms with van der Waals surface area (Å²) in [6, 6.07) is 11.9. The molecule has 20 heavy (non-hydrogen) atoms. The summed E-state index contributed by atoms with van der Waals surface area (Å²) in [6.45, 7) is 6.74. The van der Waals surface area contributed by atoms with Crippen LogP contribution in [0.5, 0.6) is 5.75 Å². The highest BCUT2D eigenvalue weighted by Gasteiger charge is 2.15. The van der Waals surface area contributed by atoms with Crippen molar-refractivity contribution < 1.29 is 4.74 Å². The normalized spacial score (nSPS) is 12.2. The highest BCUT2D eigenvalue weighted by Crippen LogP contribution is 2.35. The van der Waals surface area contributed by atoms with E-state index in [0.717, 1.165) is 16.9 Å². The van der Waals surface area contributed by atoms with Crippen LogP contribution in [-0.4, -0.2) is 6.61 Å². The molecule has 0 saturated carbocycles. The van der Waals surface area contributed by atoms with Gasteiger partial charge in [-0.05, 0) is 61.2 Å². The molecule has 3 heteroatoms. The second-order valence-corrected chi connectivity index (χ2v) is 5.67. The van der Waals surface area contributed by atoms with E-state index in [-0.39, 0.29) is 5.38 Å². The molecule has 0 aliphatic rings.